The van der Waals surface area contributed by atoms with E-state index in [2.05, 4.69) is 15.0 Å². The van der Waals surface area contributed by atoms with Crippen molar-refractivity contribution in [3.05, 3.63) is 81.8 Å². The van der Waals surface area contributed by atoms with Gasteiger partial charge in [0.05, 0.1) is 30.8 Å². The van der Waals surface area contributed by atoms with Crippen LogP contribution >= 0.6 is 0 Å². The Kier molecular flexibility index (Phi) is 7.71. The van der Waals surface area contributed by atoms with Crippen molar-refractivity contribution in [2.24, 2.45) is 0 Å². The molecule has 1 N–H and O–H groups in total. The monoisotopic (exact) mass is 453 g/mol. The third kappa shape index (κ3) is 5.34. The van der Waals surface area contributed by atoms with Gasteiger partial charge in [-0.1, -0.05) is 19.9 Å². The molecule has 0 fully saturated rings. The van der Waals surface area contributed by atoms with Gasteiger partial charge >= 0.3 is 0 Å². The maximum atomic E-state index is 13.7. The predicted molar refractivity (Wildman–Crippen MR) is 124 cm³/mol. The number of halogens is 2. The van der Waals surface area contributed by atoms with Crippen LogP contribution in [0.3, 0.4) is 0 Å². The Hall–Kier alpha value is -3.81. The molecule has 2 aromatic heterocycles. The molecule has 0 radical (unpaired) electrons. The van der Waals surface area contributed by atoms with Gasteiger partial charge in [0.1, 0.15) is 18.3 Å². The molecule has 0 saturated heterocycles. The molecule has 6 nitrogen and oxygen atoms in total. The van der Waals surface area contributed by atoms with Gasteiger partial charge in [-0.25, -0.2) is 13.8 Å². The summed E-state index contributed by atoms with van der Waals surface area (Å²) in [4.78, 5) is 24.2. The number of H-pyrrole nitrogens is 1. The van der Waals surface area contributed by atoms with Gasteiger partial charge in [0.25, 0.3) is 5.56 Å². The third-order valence-corrected chi connectivity index (χ3v) is 4.86. The van der Waals surface area contributed by atoms with Crippen molar-refractivity contribution in [2.75, 3.05) is 14.2 Å². The quantitative estimate of drug-likeness (QED) is 0.433. The number of hydrogen-bond donors (Lipinski definition) is 1. The molecule has 0 aliphatic carbocycles. The van der Waals surface area contributed by atoms with E-state index in [0.717, 1.165) is 11.6 Å². The summed E-state index contributed by atoms with van der Waals surface area (Å²) in [7, 11) is 3.01. The van der Waals surface area contributed by atoms with E-state index < -0.39 is 12.5 Å². The lowest BCUT2D eigenvalue weighted by Gasteiger charge is -2.09. The van der Waals surface area contributed by atoms with Gasteiger partial charge in [0, 0.05) is 24.2 Å². The van der Waals surface area contributed by atoms with Gasteiger partial charge in [-0.3, -0.25) is 9.78 Å². The zero-order chi connectivity index (χ0) is 24.0. The molecule has 172 valence electrons. The van der Waals surface area contributed by atoms with Crippen LogP contribution in [0.4, 0.5) is 8.78 Å². The second-order valence-electron chi connectivity index (χ2n) is 6.95. The highest BCUT2D eigenvalue weighted by Gasteiger charge is 2.12. The third-order valence-electron chi connectivity index (χ3n) is 4.86. The number of pyridine rings is 1. The Morgan fingerprint density at radius 3 is 2.33 bits per heavy atom. The van der Waals surface area contributed by atoms with E-state index in [1.165, 1.54) is 20.3 Å². The van der Waals surface area contributed by atoms with Crippen LogP contribution in [0.5, 0.6) is 11.5 Å². The molecule has 2 heterocycles. The van der Waals surface area contributed by atoms with Crippen molar-refractivity contribution in [1.82, 2.24) is 15.0 Å². The van der Waals surface area contributed by atoms with E-state index >= 15 is 0 Å². The van der Waals surface area contributed by atoms with Crippen LogP contribution in [0.1, 0.15) is 30.8 Å². The normalized spacial score (nSPS) is 10.5. The van der Waals surface area contributed by atoms with Crippen LogP contribution in [0.15, 0.2) is 53.5 Å². The minimum atomic E-state index is -0.750. The number of ether oxygens (including phenoxy) is 2. The molecule has 0 unspecified atom stereocenters. The van der Waals surface area contributed by atoms with Crippen LogP contribution in [0, 0.1) is 5.82 Å². The number of benzene rings is 2. The minimum Gasteiger partial charge on any atom is -0.493 e. The number of aromatic amines is 1. The number of alkyl halides is 1. The first-order valence-electron chi connectivity index (χ1n) is 10.5. The van der Waals surface area contributed by atoms with E-state index in [-0.39, 0.29) is 11.1 Å². The summed E-state index contributed by atoms with van der Waals surface area (Å²) in [6.07, 6.45) is 1.96. The molecule has 0 aliphatic heterocycles. The molecule has 0 bridgehead atoms. The first-order chi connectivity index (χ1) is 16.0. The molecule has 8 heteroatoms. The van der Waals surface area contributed by atoms with Crippen molar-refractivity contribution >= 4 is 10.9 Å². The first kappa shape index (κ1) is 23.8. The van der Waals surface area contributed by atoms with E-state index in [1.54, 1.807) is 36.5 Å². The second kappa shape index (κ2) is 10.7. The van der Waals surface area contributed by atoms with Crippen LogP contribution < -0.4 is 15.0 Å². The standard InChI is InChI=1S/C23H19F2N3O3.C2H6/c1-30-20-9-17-19(10-21(20)31-2)27-22(28-23(17)29)7-13-3-4-18(26-12-13)15-5-14(11-24)6-16(25)8-15;1-2/h3-6,8-10,12H,7,11H2,1-2H3,(H,27,28,29);1-2H3. The molecule has 0 amide bonds. The zero-order valence-corrected chi connectivity index (χ0v) is 18.9. The van der Waals surface area contributed by atoms with E-state index in [0.29, 0.717) is 45.9 Å². The lowest BCUT2D eigenvalue weighted by Crippen LogP contribution is -2.12. The SMILES string of the molecule is CC.COc1cc2nc(Cc3ccc(-c4cc(F)cc(CF)c4)nc3)[nH]c(=O)c2cc1OC. The number of methoxy groups -OCH3 is 2. The Bertz CT molecular complexity index is 1310. The van der Waals surface area contributed by atoms with Crippen LogP contribution in [0.2, 0.25) is 0 Å². The summed E-state index contributed by atoms with van der Waals surface area (Å²) in [6.45, 7) is 3.25. The van der Waals surface area contributed by atoms with Crippen molar-refractivity contribution in [1.29, 1.82) is 0 Å². The summed E-state index contributed by atoms with van der Waals surface area (Å²) in [5.74, 6) is 0.877. The van der Waals surface area contributed by atoms with Gasteiger partial charge in [0.2, 0.25) is 0 Å². The topological polar surface area (TPSA) is 77.1 Å². The average Bonchev–Trinajstić information content (AvgIpc) is 2.84. The van der Waals surface area contributed by atoms with Crippen molar-refractivity contribution < 1.29 is 18.3 Å². The highest BCUT2D eigenvalue weighted by atomic mass is 19.1. The maximum absolute atomic E-state index is 13.7. The summed E-state index contributed by atoms with van der Waals surface area (Å²) in [6, 6.07) is 10.8. The molecule has 0 spiro atoms. The lowest BCUT2D eigenvalue weighted by molar-refractivity contribution is 0.355. The molecule has 0 saturated carbocycles. The molecule has 4 aromatic rings. The Morgan fingerprint density at radius 1 is 0.970 bits per heavy atom. The Morgan fingerprint density at radius 2 is 1.70 bits per heavy atom. The van der Waals surface area contributed by atoms with Crippen molar-refractivity contribution in [3.63, 3.8) is 0 Å². The van der Waals surface area contributed by atoms with Crippen molar-refractivity contribution in [3.8, 4) is 22.8 Å². The van der Waals surface area contributed by atoms with Crippen LogP contribution in [-0.4, -0.2) is 29.2 Å². The van der Waals surface area contributed by atoms with Gasteiger partial charge in [-0.05, 0) is 41.5 Å². The minimum absolute atomic E-state index is 0.255. The average molecular weight is 453 g/mol. The van der Waals surface area contributed by atoms with Gasteiger partial charge in [0.15, 0.2) is 11.5 Å². The Balaban J connectivity index is 0.00000149. The molecular formula is C25H25F2N3O3. The van der Waals surface area contributed by atoms with Crippen molar-refractivity contribution in [2.45, 2.75) is 26.9 Å². The summed E-state index contributed by atoms with van der Waals surface area (Å²) < 4.78 is 37.1. The molecule has 4 rings (SSSR count). The molecule has 0 aliphatic rings. The summed E-state index contributed by atoms with van der Waals surface area (Å²) in [5, 5.41) is 0.393. The first-order valence-corrected chi connectivity index (χ1v) is 10.5. The highest BCUT2D eigenvalue weighted by Crippen LogP contribution is 2.30. The maximum Gasteiger partial charge on any atom is 0.258 e. The van der Waals surface area contributed by atoms with E-state index in [1.807, 2.05) is 13.8 Å². The molecule has 2 aromatic carbocycles. The number of hydrogen-bond acceptors (Lipinski definition) is 5. The largest absolute Gasteiger partial charge is 0.493 e. The fourth-order valence-corrected chi connectivity index (χ4v) is 3.37. The fraction of sp³-hybridized carbons (Fsp3) is 0.240. The van der Waals surface area contributed by atoms with E-state index in [4.69, 9.17) is 9.47 Å². The zero-order valence-electron chi connectivity index (χ0n) is 18.9. The van der Waals surface area contributed by atoms with E-state index in [9.17, 15) is 13.6 Å². The fourth-order valence-electron chi connectivity index (χ4n) is 3.37. The van der Waals surface area contributed by atoms with Gasteiger partial charge in [-0.2, -0.15) is 0 Å². The number of fused-ring (bicyclic) bond motifs is 1. The molecular weight excluding hydrogens is 428 g/mol. The van der Waals surface area contributed by atoms with Gasteiger partial charge in [-0.15, -0.1) is 0 Å². The molecule has 0 atom stereocenters. The number of aromatic nitrogens is 3. The van der Waals surface area contributed by atoms with Gasteiger partial charge < -0.3 is 14.5 Å². The molecule has 33 heavy (non-hydrogen) atoms. The highest BCUT2D eigenvalue weighted by molar-refractivity contribution is 5.81. The lowest BCUT2D eigenvalue weighted by atomic mass is 10.1. The smallest absolute Gasteiger partial charge is 0.258 e. The summed E-state index contributed by atoms with van der Waals surface area (Å²) >= 11 is 0. The van der Waals surface area contributed by atoms with Crippen LogP contribution in [-0.2, 0) is 13.1 Å². The second-order valence-corrected chi connectivity index (χ2v) is 6.95. The Labute approximate surface area is 190 Å². The summed E-state index contributed by atoms with van der Waals surface area (Å²) in [5.41, 5.74) is 2.27. The number of rotatable bonds is 6. The number of nitrogens with zero attached hydrogens (tertiary/aromatic N) is 2. The number of nitrogens with one attached hydrogen (secondary N) is 1. The predicted octanol–water partition coefficient (Wildman–Crippen LogP) is 5.23. The van der Waals surface area contributed by atoms with Crippen LogP contribution in [0.25, 0.3) is 22.2 Å².